The van der Waals surface area contributed by atoms with Crippen molar-refractivity contribution in [3.63, 3.8) is 0 Å². The summed E-state index contributed by atoms with van der Waals surface area (Å²) in [4.78, 5) is 12.1. The SMILES string of the molecule is COc1c(N)cccc1C(=O)NC1CCS(=O)(=O)C1. The molecule has 1 saturated heterocycles. The predicted octanol–water partition coefficient (Wildman–Crippen LogP) is 0.194. The van der Waals surface area contributed by atoms with Crippen molar-refractivity contribution in [2.75, 3.05) is 24.3 Å². The van der Waals surface area contributed by atoms with Crippen molar-refractivity contribution in [3.05, 3.63) is 23.8 Å². The zero-order chi connectivity index (χ0) is 14.0. The molecule has 1 aliphatic rings. The van der Waals surface area contributed by atoms with E-state index in [0.29, 0.717) is 23.4 Å². The average Bonchev–Trinajstić information content (AvgIpc) is 2.68. The van der Waals surface area contributed by atoms with E-state index in [1.54, 1.807) is 18.2 Å². The van der Waals surface area contributed by atoms with Crippen LogP contribution < -0.4 is 15.8 Å². The van der Waals surface area contributed by atoms with Crippen LogP contribution in [0.1, 0.15) is 16.8 Å². The molecular formula is C12H16N2O4S. The fourth-order valence-electron chi connectivity index (χ4n) is 2.13. The number of hydrogen-bond donors (Lipinski definition) is 2. The topological polar surface area (TPSA) is 98.5 Å². The summed E-state index contributed by atoms with van der Waals surface area (Å²) in [7, 11) is -1.58. The van der Waals surface area contributed by atoms with Gasteiger partial charge in [-0.15, -0.1) is 0 Å². The Morgan fingerprint density at radius 1 is 1.47 bits per heavy atom. The normalized spacial score (nSPS) is 21.0. The summed E-state index contributed by atoms with van der Waals surface area (Å²) >= 11 is 0. The molecule has 1 heterocycles. The fraction of sp³-hybridized carbons (Fsp3) is 0.417. The van der Waals surface area contributed by atoms with Crippen molar-refractivity contribution >= 4 is 21.4 Å². The number of anilines is 1. The van der Waals surface area contributed by atoms with E-state index in [1.807, 2.05) is 0 Å². The monoisotopic (exact) mass is 284 g/mol. The number of sulfone groups is 1. The molecule has 1 amide bonds. The average molecular weight is 284 g/mol. The predicted molar refractivity (Wildman–Crippen MR) is 71.9 cm³/mol. The molecule has 1 aromatic rings. The van der Waals surface area contributed by atoms with Gasteiger partial charge in [0, 0.05) is 6.04 Å². The number of hydrogen-bond acceptors (Lipinski definition) is 5. The second-order valence-corrected chi connectivity index (χ2v) is 6.73. The number of rotatable bonds is 3. The van der Waals surface area contributed by atoms with Crippen molar-refractivity contribution < 1.29 is 17.9 Å². The first-order valence-corrected chi connectivity index (χ1v) is 7.69. The third-order valence-corrected chi connectivity index (χ3v) is 4.83. The van der Waals surface area contributed by atoms with E-state index in [4.69, 9.17) is 10.5 Å². The number of nitrogens with one attached hydrogen (secondary N) is 1. The lowest BCUT2D eigenvalue weighted by Crippen LogP contribution is -2.35. The number of nitrogen functional groups attached to an aromatic ring is 1. The molecule has 19 heavy (non-hydrogen) atoms. The van der Waals surface area contributed by atoms with Gasteiger partial charge in [-0.05, 0) is 18.6 Å². The van der Waals surface area contributed by atoms with Gasteiger partial charge in [-0.3, -0.25) is 4.79 Å². The molecule has 3 N–H and O–H groups in total. The lowest BCUT2D eigenvalue weighted by Gasteiger charge is -2.14. The Morgan fingerprint density at radius 2 is 2.21 bits per heavy atom. The molecule has 1 aliphatic heterocycles. The molecule has 0 bridgehead atoms. The van der Waals surface area contributed by atoms with Crippen LogP contribution in [-0.4, -0.2) is 39.0 Å². The lowest BCUT2D eigenvalue weighted by atomic mass is 10.1. The van der Waals surface area contributed by atoms with Crippen LogP contribution in [-0.2, 0) is 9.84 Å². The highest BCUT2D eigenvalue weighted by atomic mass is 32.2. The maximum absolute atomic E-state index is 12.1. The molecule has 1 aromatic carbocycles. The molecule has 0 spiro atoms. The maximum atomic E-state index is 12.1. The molecule has 7 heteroatoms. The van der Waals surface area contributed by atoms with Crippen LogP contribution in [0.5, 0.6) is 5.75 Å². The van der Waals surface area contributed by atoms with Gasteiger partial charge in [0.05, 0.1) is 29.9 Å². The van der Waals surface area contributed by atoms with Gasteiger partial charge >= 0.3 is 0 Å². The van der Waals surface area contributed by atoms with Gasteiger partial charge < -0.3 is 15.8 Å². The van der Waals surface area contributed by atoms with E-state index in [0.717, 1.165) is 0 Å². The standard InChI is InChI=1S/C12H16N2O4S/c1-18-11-9(3-2-4-10(11)13)12(15)14-8-5-6-19(16,17)7-8/h2-4,8H,5-7,13H2,1H3,(H,14,15). The molecule has 2 rings (SSSR count). The highest BCUT2D eigenvalue weighted by molar-refractivity contribution is 7.91. The van der Waals surface area contributed by atoms with E-state index in [2.05, 4.69) is 5.32 Å². The largest absolute Gasteiger partial charge is 0.494 e. The number of carbonyl (C=O) groups is 1. The van der Waals surface area contributed by atoms with E-state index in [9.17, 15) is 13.2 Å². The Morgan fingerprint density at radius 3 is 2.79 bits per heavy atom. The van der Waals surface area contributed by atoms with E-state index in [1.165, 1.54) is 7.11 Å². The molecule has 0 aliphatic carbocycles. The minimum atomic E-state index is -3.02. The second kappa shape index (κ2) is 5.08. The Bertz CT molecular complexity index is 598. The van der Waals surface area contributed by atoms with Gasteiger partial charge in [-0.1, -0.05) is 6.07 Å². The number of ether oxygens (including phenoxy) is 1. The molecular weight excluding hydrogens is 268 g/mol. The summed E-state index contributed by atoms with van der Waals surface area (Å²) < 4.78 is 27.8. The maximum Gasteiger partial charge on any atom is 0.255 e. The molecule has 0 aromatic heterocycles. The van der Waals surface area contributed by atoms with Crippen LogP contribution in [0.25, 0.3) is 0 Å². The highest BCUT2D eigenvalue weighted by Gasteiger charge is 2.29. The fourth-order valence-corrected chi connectivity index (χ4v) is 3.81. The highest BCUT2D eigenvalue weighted by Crippen LogP contribution is 2.26. The van der Waals surface area contributed by atoms with E-state index in [-0.39, 0.29) is 23.5 Å². The first-order valence-electron chi connectivity index (χ1n) is 5.87. The van der Waals surface area contributed by atoms with Gasteiger partial charge in [0.2, 0.25) is 0 Å². The van der Waals surface area contributed by atoms with Crippen LogP contribution in [0.4, 0.5) is 5.69 Å². The number of para-hydroxylation sites is 1. The Kier molecular flexibility index (Phi) is 3.66. The molecule has 1 atom stereocenters. The summed E-state index contributed by atoms with van der Waals surface area (Å²) in [6.07, 6.45) is 0.443. The van der Waals surface area contributed by atoms with Gasteiger partial charge in [0.15, 0.2) is 15.6 Å². The molecule has 0 radical (unpaired) electrons. The van der Waals surface area contributed by atoms with Crippen molar-refractivity contribution in [2.45, 2.75) is 12.5 Å². The second-order valence-electron chi connectivity index (χ2n) is 4.50. The Labute approximate surface area is 111 Å². The third-order valence-electron chi connectivity index (χ3n) is 3.06. The molecule has 0 saturated carbocycles. The smallest absolute Gasteiger partial charge is 0.255 e. The third kappa shape index (κ3) is 2.98. The number of carbonyl (C=O) groups excluding carboxylic acids is 1. The van der Waals surface area contributed by atoms with Gasteiger partial charge in [-0.2, -0.15) is 0 Å². The van der Waals surface area contributed by atoms with Crippen molar-refractivity contribution in [2.24, 2.45) is 0 Å². The zero-order valence-electron chi connectivity index (χ0n) is 10.5. The lowest BCUT2D eigenvalue weighted by molar-refractivity contribution is 0.0938. The van der Waals surface area contributed by atoms with Crippen LogP contribution in [0.3, 0.4) is 0 Å². The van der Waals surface area contributed by atoms with Crippen LogP contribution in [0, 0.1) is 0 Å². The van der Waals surface area contributed by atoms with Gasteiger partial charge in [0.1, 0.15) is 0 Å². The molecule has 1 fully saturated rings. The molecule has 6 nitrogen and oxygen atoms in total. The van der Waals surface area contributed by atoms with Gasteiger partial charge in [-0.25, -0.2) is 8.42 Å². The summed E-state index contributed by atoms with van der Waals surface area (Å²) in [5, 5.41) is 2.70. The first-order chi connectivity index (χ1) is 8.93. The Hall–Kier alpha value is -1.76. The zero-order valence-corrected chi connectivity index (χ0v) is 11.4. The quantitative estimate of drug-likeness (QED) is 0.772. The minimum absolute atomic E-state index is 0.0105. The van der Waals surface area contributed by atoms with Crippen molar-refractivity contribution in [3.8, 4) is 5.75 Å². The molecule has 104 valence electrons. The number of methoxy groups -OCH3 is 1. The number of benzene rings is 1. The van der Waals surface area contributed by atoms with E-state index < -0.39 is 9.84 Å². The summed E-state index contributed by atoms with van der Waals surface area (Å²) in [5.41, 5.74) is 6.40. The number of nitrogens with two attached hydrogens (primary N) is 1. The summed E-state index contributed by atoms with van der Waals surface area (Å²) in [5.74, 6) is 0.0437. The summed E-state index contributed by atoms with van der Waals surface area (Å²) in [6.45, 7) is 0. The molecule has 1 unspecified atom stereocenters. The van der Waals surface area contributed by atoms with Crippen LogP contribution in [0.15, 0.2) is 18.2 Å². The van der Waals surface area contributed by atoms with Gasteiger partial charge in [0.25, 0.3) is 5.91 Å². The van der Waals surface area contributed by atoms with E-state index >= 15 is 0 Å². The van der Waals surface area contributed by atoms with Crippen LogP contribution in [0.2, 0.25) is 0 Å². The van der Waals surface area contributed by atoms with Crippen molar-refractivity contribution in [1.29, 1.82) is 0 Å². The minimum Gasteiger partial charge on any atom is -0.494 e. The van der Waals surface area contributed by atoms with Crippen LogP contribution >= 0.6 is 0 Å². The van der Waals surface area contributed by atoms with Crippen molar-refractivity contribution in [1.82, 2.24) is 5.32 Å². The number of amides is 1. The summed E-state index contributed by atoms with van der Waals surface area (Å²) in [6, 6.07) is 4.53. The Balaban J connectivity index is 2.15. The first kappa shape index (κ1) is 13.7.